The fourth-order valence-electron chi connectivity index (χ4n) is 2.05. The van der Waals surface area contributed by atoms with Crippen LogP contribution in [0.2, 0.25) is 0 Å². The maximum absolute atomic E-state index is 10.7. The van der Waals surface area contributed by atoms with E-state index >= 15 is 0 Å². The van der Waals surface area contributed by atoms with Crippen LogP contribution < -0.4 is 4.90 Å². The highest BCUT2D eigenvalue weighted by atomic mass is 16.7. The lowest BCUT2D eigenvalue weighted by atomic mass is 10.1. The number of nitrogens with zero attached hydrogens (tertiary/aromatic N) is 1. The van der Waals surface area contributed by atoms with Crippen molar-refractivity contribution in [3.8, 4) is 0 Å². The van der Waals surface area contributed by atoms with Crippen LogP contribution in [0.3, 0.4) is 0 Å². The van der Waals surface area contributed by atoms with Crippen molar-refractivity contribution in [2.24, 2.45) is 0 Å². The van der Waals surface area contributed by atoms with Gasteiger partial charge in [0.25, 0.3) is 6.47 Å². The van der Waals surface area contributed by atoms with E-state index in [1.807, 2.05) is 74.4 Å². The second-order valence-electron chi connectivity index (χ2n) is 5.35. The van der Waals surface area contributed by atoms with E-state index < -0.39 is 6.29 Å². The number of aryl methyl sites for hydroxylation is 1. The Labute approximate surface area is 131 Å². The van der Waals surface area contributed by atoms with Crippen molar-refractivity contribution in [2.45, 2.75) is 19.8 Å². The molecule has 0 aromatic heterocycles. The Morgan fingerprint density at radius 3 is 2.23 bits per heavy atom. The summed E-state index contributed by atoms with van der Waals surface area (Å²) < 4.78 is 10.8. The average Bonchev–Trinajstić information content (AvgIpc) is 2.53. The summed E-state index contributed by atoms with van der Waals surface area (Å²) in [5, 5.41) is 0. The van der Waals surface area contributed by atoms with Gasteiger partial charge in [0.05, 0.1) is 6.61 Å². The molecule has 4 heteroatoms. The minimum Gasteiger partial charge on any atom is -0.433 e. The van der Waals surface area contributed by atoms with Gasteiger partial charge >= 0.3 is 0 Å². The first-order valence-electron chi connectivity index (χ1n) is 7.13. The Morgan fingerprint density at radius 1 is 1.05 bits per heavy atom. The van der Waals surface area contributed by atoms with E-state index in [9.17, 15) is 4.79 Å². The lowest BCUT2D eigenvalue weighted by Crippen LogP contribution is -2.09. The van der Waals surface area contributed by atoms with E-state index in [0.717, 1.165) is 22.4 Å². The molecule has 0 aliphatic rings. The predicted octanol–water partition coefficient (Wildman–Crippen LogP) is 3.45. The lowest BCUT2D eigenvalue weighted by Gasteiger charge is -2.17. The van der Waals surface area contributed by atoms with E-state index in [1.54, 1.807) is 0 Å². The van der Waals surface area contributed by atoms with Gasteiger partial charge in [-0.1, -0.05) is 42.0 Å². The van der Waals surface area contributed by atoms with Crippen LogP contribution in [0.4, 0.5) is 5.69 Å². The highest BCUT2D eigenvalue weighted by Gasteiger charge is 2.13. The molecule has 0 heterocycles. The van der Waals surface area contributed by atoms with Crippen LogP contribution in [0, 0.1) is 6.92 Å². The van der Waals surface area contributed by atoms with Crippen molar-refractivity contribution in [1.82, 2.24) is 0 Å². The van der Waals surface area contributed by atoms with E-state index in [4.69, 9.17) is 9.47 Å². The highest BCUT2D eigenvalue weighted by Crippen LogP contribution is 2.21. The summed E-state index contributed by atoms with van der Waals surface area (Å²) in [7, 11) is 3.99. The first-order chi connectivity index (χ1) is 10.6. The van der Waals surface area contributed by atoms with Crippen LogP contribution in [0.5, 0.6) is 0 Å². The summed E-state index contributed by atoms with van der Waals surface area (Å²) in [5.41, 5.74) is 4.12. The Hall–Kier alpha value is -2.33. The largest absolute Gasteiger partial charge is 0.433 e. The fraction of sp³-hybridized carbons (Fsp3) is 0.278. The minimum absolute atomic E-state index is 0.375. The number of anilines is 1. The number of benzene rings is 2. The van der Waals surface area contributed by atoms with Crippen molar-refractivity contribution in [2.75, 3.05) is 19.0 Å². The molecule has 0 spiro atoms. The molecule has 0 fully saturated rings. The van der Waals surface area contributed by atoms with Crippen LogP contribution >= 0.6 is 0 Å². The topological polar surface area (TPSA) is 38.8 Å². The number of carbonyl (C=O) groups is 1. The summed E-state index contributed by atoms with van der Waals surface area (Å²) in [6.07, 6.45) is -0.688. The molecule has 0 radical (unpaired) electrons. The summed E-state index contributed by atoms with van der Waals surface area (Å²) in [5.74, 6) is 0. The predicted molar refractivity (Wildman–Crippen MR) is 86.6 cm³/mol. The van der Waals surface area contributed by atoms with Gasteiger partial charge in [-0.15, -0.1) is 0 Å². The second kappa shape index (κ2) is 7.61. The van der Waals surface area contributed by atoms with Gasteiger partial charge in [0.15, 0.2) is 0 Å². The number of hydrogen-bond acceptors (Lipinski definition) is 4. The van der Waals surface area contributed by atoms with Gasteiger partial charge in [0.2, 0.25) is 6.29 Å². The highest BCUT2D eigenvalue weighted by molar-refractivity contribution is 5.45. The molecule has 0 bridgehead atoms. The van der Waals surface area contributed by atoms with E-state index in [1.165, 1.54) is 0 Å². The van der Waals surface area contributed by atoms with Crippen LogP contribution in [-0.2, 0) is 20.9 Å². The maximum Gasteiger partial charge on any atom is 0.295 e. The SMILES string of the molecule is Cc1ccc(C(OC=O)OCc2ccc(N(C)C)cc2)cc1. The van der Waals surface area contributed by atoms with Crippen LogP contribution in [-0.4, -0.2) is 20.6 Å². The van der Waals surface area contributed by atoms with Crippen molar-refractivity contribution in [3.63, 3.8) is 0 Å². The minimum atomic E-state index is -0.688. The van der Waals surface area contributed by atoms with Gasteiger partial charge < -0.3 is 14.4 Å². The zero-order valence-corrected chi connectivity index (χ0v) is 13.2. The molecular weight excluding hydrogens is 278 g/mol. The molecule has 2 aromatic rings. The molecule has 4 nitrogen and oxygen atoms in total. The van der Waals surface area contributed by atoms with Gasteiger partial charge in [0.1, 0.15) is 0 Å². The van der Waals surface area contributed by atoms with Gasteiger partial charge in [0, 0.05) is 25.3 Å². The van der Waals surface area contributed by atoms with Crippen LogP contribution in [0.15, 0.2) is 48.5 Å². The average molecular weight is 299 g/mol. The number of rotatable bonds is 7. The second-order valence-corrected chi connectivity index (χ2v) is 5.35. The monoisotopic (exact) mass is 299 g/mol. The standard InChI is InChI=1S/C18H21NO3/c1-14-4-8-16(9-5-14)18(22-13-20)21-12-15-6-10-17(11-7-15)19(2)3/h4-11,13,18H,12H2,1-3H3. The van der Waals surface area contributed by atoms with Crippen LogP contribution in [0.25, 0.3) is 0 Å². The third-order valence-corrected chi connectivity index (χ3v) is 3.38. The smallest absolute Gasteiger partial charge is 0.295 e. The Balaban J connectivity index is 2.02. The molecule has 0 aliphatic heterocycles. The summed E-state index contributed by atoms with van der Waals surface area (Å²) in [6.45, 7) is 2.80. The Morgan fingerprint density at radius 2 is 1.68 bits per heavy atom. The molecule has 0 amide bonds. The summed E-state index contributed by atoms with van der Waals surface area (Å²) >= 11 is 0. The van der Waals surface area contributed by atoms with E-state index in [-0.39, 0.29) is 0 Å². The van der Waals surface area contributed by atoms with Gasteiger partial charge in [-0.05, 0) is 24.6 Å². The third kappa shape index (κ3) is 4.33. The molecular formula is C18H21NO3. The van der Waals surface area contributed by atoms with Crippen molar-refractivity contribution in [1.29, 1.82) is 0 Å². The summed E-state index contributed by atoms with van der Waals surface area (Å²) in [6, 6.07) is 15.8. The quantitative estimate of drug-likeness (QED) is 0.580. The number of hydrogen-bond donors (Lipinski definition) is 0. The molecule has 0 N–H and O–H groups in total. The molecule has 116 valence electrons. The zero-order valence-electron chi connectivity index (χ0n) is 13.2. The van der Waals surface area contributed by atoms with Crippen molar-refractivity contribution in [3.05, 3.63) is 65.2 Å². The molecule has 0 saturated carbocycles. The molecule has 1 atom stereocenters. The van der Waals surface area contributed by atoms with Gasteiger partial charge in [-0.3, -0.25) is 4.79 Å². The maximum atomic E-state index is 10.7. The van der Waals surface area contributed by atoms with Crippen molar-refractivity contribution < 1.29 is 14.3 Å². The summed E-state index contributed by atoms with van der Waals surface area (Å²) in [4.78, 5) is 12.7. The molecule has 2 rings (SSSR count). The molecule has 1 unspecified atom stereocenters. The molecule has 0 aliphatic carbocycles. The number of carbonyl (C=O) groups excluding carboxylic acids is 1. The first kappa shape index (κ1) is 16.0. The number of ether oxygens (including phenoxy) is 2. The Kier molecular flexibility index (Phi) is 5.55. The van der Waals surface area contributed by atoms with E-state index in [2.05, 4.69) is 0 Å². The van der Waals surface area contributed by atoms with Gasteiger partial charge in [-0.25, -0.2) is 0 Å². The lowest BCUT2D eigenvalue weighted by molar-refractivity contribution is -0.169. The van der Waals surface area contributed by atoms with E-state index in [0.29, 0.717) is 13.1 Å². The molecule has 2 aromatic carbocycles. The normalized spacial score (nSPS) is 11.8. The Bertz CT molecular complexity index is 591. The van der Waals surface area contributed by atoms with Crippen LogP contribution in [0.1, 0.15) is 23.0 Å². The molecule has 22 heavy (non-hydrogen) atoms. The third-order valence-electron chi connectivity index (χ3n) is 3.38. The zero-order chi connectivity index (χ0) is 15.9. The first-order valence-corrected chi connectivity index (χ1v) is 7.13. The van der Waals surface area contributed by atoms with Gasteiger partial charge in [-0.2, -0.15) is 0 Å². The molecule has 0 saturated heterocycles. The van der Waals surface area contributed by atoms with Crippen molar-refractivity contribution >= 4 is 12.2 Å². The fourth-order valence-corrected chi connectivity index (χ4v) is 2.05.